The molecule has 0 spiro atoms. The molecule has 0 N–H and O–H groups in total. The summed E-state index contributed by atoms with van der Waals surface area (Å²) < 4.78 is 0. The lowest BCUT2D eigenvalue weighted by Crippen LogP contribution is -2.49. The predicted molar refractivity (Wildman–Crippen MR) is 84.0 cm³/mol. The van der Waals surface area contributed by atoms with Crippen LogP contribution in [0.3, 0.4) is 0 Å². The van der Waals surface area contributed by atoms with E-state index in [4.69, 9.17) is 0 Å². The molecular formula is C17H26N2O. The van der Waals surface area contributed by atoms with E-state index >= 15 is 0 Å². The van der Waals surface area contributed by atoms with Crippen molar-refractivity contribution in [3.8, 4) is 0 Å². The summed E-state index contributed by atoms with van der Waals surface area (Å²) in [6.07, 6.45) is 0.636. The van der Waals surface area contributed by atoms with Crippen molar-refractivity contribution in [3.05, 3.63) is 29.8 Å². The van der Waals surface area contributed by atoms with Gasteiger partial charge in [0.15, 0.2) is 0 Å². The van der Waals surface area contributed by atoms with Crippen molar-refractivity contribution in [1.82, 2.24) is 4.90 Å². The third-order valence-electron chi connectivity index (χ3n) is 3.68. The van der Waals surface area contributed by atoms with Crippen molar-refractivity contribution in [2.75, 3.05) is 31.1 Å². The molecule has 0 atom stereocenters. The van der Waals surface area contributed by atoms with Crippen molar-refractivity contribution < 1.29 is 4.79 Å². The number of anilines is 1. The van der Waals surface area contributed by atoms with E-state index in [1.54, 1.807) is 0 Å². The number of aryl methyl sites for hydroxylation is 1. The fourth-order valence-corrected chi connectivity index (χ4v) is 2.60. The Hall–Kier alpha value is -1.51. The van der Waals surface area contributed by atoms with E-state index in [2.05, 4.69) is 56.9 Å². The molecule has 0 saturated carbocycles. The Morgan fingerprint density at radius 1 is 1.15 bits per heavy atom. The second-order valence-corrected chi connectivity index (χ2v) is 6.94. The van der Waals surface area contributed by atoms with Crippen LogP contribution in [0.2, 0.25) is 0 Å². The maximum absolute atomic E-state index is 12.2. The summed E-state index contributed by atoms with van der Waals surface area (Å²) >= 11 is 0. The highest BCUT2D eigenvalue weighted by molar-refractivity contribution is 5.77. The second kappa shape index (κ2) is 5.86. The van der Waals surface area contributed by atoms with Gasteiger partial charge in [-0.3, -0.25) is 4.79 Å². The number of hydrogen-bond acceptors (Lipinski definition) is 2. The zero-order valence-corrected chi connectivity index (χ0v) is 13.1. The number of carbonyl (C=O) groups is 1. The molecule has 3 nitrogen and oxygen atoms in total. The molecular weight excluding hydrogens is 248 g/mol. The minimum absolute atomic E-state index is 0.0742. The van der Waals surface area contributed by atoms with Crippen molar-refractivity contribution >= 4 is 11.6 Å². The zero-order valence-electron chi connectivity index (χ0n) is 13.1. The molecule has 1 amide bonds. The van der Waals surface area contributed by atoms with Crippen molar-refractivity contribution in [1.29, 1.82) is 0 Å². The summed E-state index contributed by atoms with van der Waals surface area (Å²) in [5.41, 5.74) is 2.63. The predicted octanol–water partition coefficient (Wildman–Crippen LogP) is 3.08. The van der Waals surface area contributed by atoms with Crippen LogP contribution in [0.15, 0.2) is 24.3 Å². The molecule has 110 valence electrons. The normalized spacial score (nSPS) is 16.4. The van der Waals surface area contributed by atoms with Crippen LogP contribution < -0.4 is 4.90 Å². The topological polar surface area (TPSA) is 23.6 Å². The fourth-order valence-electron chi connectivity index (χ4n) is 2.60. The summed E-state index contributed by atoms with van der Waals surface area (Å²) in [4.78, 5) is 16.6. The van der Waals surface area contributed by atoms with Crippen LogP contribution in [0.25, 0.3) is 0 Å². The van der Waals surface area contributed by atoms with Crippen LogP contribution in [0.4, 0.5) is 5.69 Å². The Labute approximate surface area is 122 Å². The highest BCUT2D eigenvalue weighted by Gasteiger charge is 2.24. The first-order chi connectivity index (χ1) is 9.35. The van der Waals surface area contributed by atoms with E-state index in [0.29, 0.717) is 12.3 Å². The molecule has 0 bridgehead atoms. The molecule has 1 aliphatic heterocycles. The van der Waals surface area contributed by atoms with Crippen LogP contribution in [-0.2, 0) is 4.79 Å². The Kier molecular flexibility index (Phi) is 4.36. The van der Waals surface area contributed by atoms with Crippen LogP contribution in [-0.4, -0.2) is 37.0 Å². The van der Waals surface area contributed by atoms with Crippen LogP contribution in [0.5, 0.6) is 0 Å². The monoisotopic (exact) mass is 274 g/mol. The Balaban J connectivity index is 1.91. The second-order valence-electron chi connectivity index (χ2n) is 6.94. The third-order valence-corrected chi connectivity index (χ3v) is 3.68. The maximum atomic E-state index is 12.2. The summed E-state index contributed by atoms with van der Waals surface area (Å²) in [5.74, 6) is 0.293. The van der Waals surface area contributed by atoms with Crippen LogP contribution >= 0.6 is 0 Å². The third kappa shape index (κ3) is 3.99. The van der Waals surface area contributed by atoms with E-state index in [1.807, 2.05) is 4.90 Å². The molecule has 20 heavy (non-hydrogen) atoms. The first-order valence-electron chi connectivity index (χ1n) is 7.44. The number of nitrogens with zero attached hydrogens (tertiary/aromatic N) is 2. The van der Waals surface area contributed by atoms with E-state index in [9.17, 15) is 4.79 Å². The zero-order chi connectivity index (χ0) is 14.8. The number of piperazine rings is 1. The summed E-state index contributed by atoms with van der Waals surface area (Å²) in [5, 5.41) is 0. The van der Waals surface area contributed by atoms with Gasteiger partial charge in [0.05, 0.1) is 0 Å². The highest BCUT2D eigenvalue weighted by Crippen LogP contribution is 2.22. The number of hydrogen-bond donors (Lipinski definition) is 0. The highest BCUT2D eigenvalue weighted by atomic mass is 16.2. The van der Waals surface area contributed by atoms with E-state index in [-0.39, 0.29) is 5.41 Å². The average molecular weight is 274 g/mol. The van der Waals surface area contributed by atoms with Gasteiger partial charge >= 0.3 is 0 Å². The molecule has 0 radical (unpaired) electrons. The minimum atomic E-state index is 0.0742. The van der Waals surface area contributed by atoms with Gasteiger partial charge in [0.2, 0.25) is 5.91 Å². The molecule has 3 heteroatoms. The molecule has 1 fully saturated rings. The Bertz CT molecular complexity index is 468. The van der Waals surface area contributed by atoms with E-state index in [0.717, 1.165) is 26.2 Å². The van der Waals surface area contributed by atoms with Gasteiger partial charge in [0, 0.05) is 38.3 Å². The molecule has 1 heterocycles. The number of benzene rings is 1. The lowest BCUT2D eigenvalue weighted by Gasteiger charge is -2.37. The Morgan fingerprint density at radius 3 is 2.35 bits per heavy atom. The SMILES string of the molecule is Cc1cccc(N2CCN(C(=O)CC(C)(C)C)CC2)c1. The minimum Gasteiger partial charge on any atom is -0.368 e. The maximum Gasteiger partial charge on any atom is 0.223 e. The van der Waals surface area contributed by atoms with Gasteiger partial charge in [-0.05, 0) is 30.0 Å². The first kappa shape index (κ1) is 14.9. The lowest BCUT2D eigenvalue weighted by atomic mass is 9.91. The van der Waals surface area contributed by atoms with Crippen LogP contribution in [0, 0.1) is 12.3 Å². The quantitative estimate of drug-likeness (QED) is 0.827. The van der Waals surface area contributed by atoms with Crippen molar-refractivity contribution in [2.45, 2.75) is 34.1 Å². The molecule has 1 aromatic carbocycles. The summed E-state index contributed by atoms with van der Waals surface area (Å²) in [6.45, 7) is 12.0. The number of carbonyl (C=O) groups excluding carboxylic acids is 1. The van der Waals surface area contributed by atoms with E-state index < -0.39 is 0 Å². The molecule has 0 aromatic heterocycles. The van der Waals surface area contributed by atoms with Gasteiger partial charge in [-0.15, -0.1) is 0 Å². The first-order valence-corrected chi connectivity index (χ1v) is 7.44. The number of amides is 1. The molecule has 0 unspecified atom stereocenters. The average Bonchev–Trinajstić information content (AvgIpc) is 2.37. The standard InChI is InChI=1S/C17H26N2O/c1-14-6-5-7-15(12-14)18-8-10-19(11-9-18)16(20)13-17(2,3)4/h5-7,12H,8-11,13H2,1-4H3. The molecule has 1 aliphatic rings. The smallest absolute Gasteiger partial charge is 0.223 e. The van der Waals surface area contributed by atoms with Gasteiger partial charge < -0.3 is 9.80 Å². The van der Waals surface area contributed by atoms with Crippen molar-refractivity contribution in [2.24, 2.45) is 5.41 Å². The Morgan fingerprint density at radius 2 is 1.80 bits per heavy atom. The van der Waals surface area contributed by atoms with Crippen LogP contribution in [0.1, 0.15) is 32.8 Å². The fraction of sp³-hybridized carbons (Fsp3) is 0.588. The molecule has 1 saturated heterocycles. The van der Waals surface area contributed by atoms with Gasteiger partial charge in [-0.2, -0.15) is 0 Å². The number of rotatable bonds is 2. The molecule has 2 rings (SSSR count). The molecule has 0 aliphatic carbocycles. The lowest BCUT2D eigenvalue weighted by molar-refractivity contribution is -0.133. The summed E-state index contributed by atoms with van der Waals surface area (Å²) in [6, 6.07) is 8.58. The summed E-state index contributed by atoms with van der Waals surface area (Å²) in [7, 11) is 0. The van der Waals surface area contributed by atoms with Gasteiger partial charge in [0.1, 0.15) is 0 Å². The van der Waals surface area contributed by atoms with Gasteiger partial charge in [-0.25, -0.2) is 0 Å². The molecule has 1 aromatic rings. The van der Waals surface area contributed by atoms with Crippen molar-refractivity contribution in [3.63, 3.8) is 0 Å². The van der Waals surface area contributed by atoms with Gasteiger partial charge in [-0.1, -0.05) is 32.9 Å². The van der Waals surface area contributed by atoms with E-state index in [1.165, 1.54) is 11.3 Å². The van der Waals surface area contributed by atoms with Gasteiger partial charge in [0.25, 0.3) is 0 Å². The largest absolute Gasteiger partial charge is 0.368 e.